The third kappa shape index (κ3) is 1.93. The van der Waals surface area contributed by atoms with Crippen LogP contribution in [0.5, 0.6) is 0 Å². The number of primary sulfonamides is 1. The molecular weight excluding hydrogens is 203 g/mol. The molecule has 1 rings (SSSR count). The van der Waals surface area contributed by atoms with Gasteiger partial charge in [-0.25, -0.2) is 22.9 Å². The molecule has 0 bridgehead atoms. The van der Waals surface area contributed by atoms with E-state index in [1.165, 1.54) is 0 Å². The molecule has 2 N–H and O–H groups in total. The molecule has 0 amide bonds. The summed E-state index contributed by atoms with van der Waals surface area (Å²) < 4.78 is 33.9. The highest BCUT2D eigenvalue weighted by molar-refractivity contribution is 7.90. The molecule has 1 aromatic heterocycles. The molecule has 0 saturated heterocycles. The number of halogens is 1. The van der Waals surface area contributed by atoms with E-state index < -0.39 is 20.7 Å². The average Bonchev–Trinajstić information content (AvgIpc) is 1.92. The maximum atomic E-state index is 12.5. The Balaban J connectivity index is 3.43. The lowest BCUT2D eigenvalue weighted by atomic mass is 10.5. The molecule has 0 aliphatic rings. The van der Waals surface area contributed by atoms with Crippen molar-refractivity contribution in [3.05, 3.63) is 18.1 Å². The molecule has 0 aliphatic heterocycles. The zero-order chi connectivity index (χ0) is 9.35. The maximum Gasteiger partial charge on any atom is 0.240 e. The number of sulfonamides is 1. The van der Waals surface area contributed by atoms with Gasteiger partial charge in [0, 0.05) is 0 Å². The highest BCUT2D eigenvalue weighted by Crippen LogP contribution is 2.15. The van der Waals surface area contributed by atoms with Crippen LogP contribution in [0.3, 0.4) is 0 Å². The number of hydrogen-bond acceptors (Lipinski definition) is 4. The summed E-state index contributed by atoms with van der Waals surface area (Å²) in [6.45, 7) is 0. The first-order valence-corrected chi connectivity index (χ1v) is 4.78. The fourth-order valence-corrected chi connectivity index (χ4v) is 1.71. The van der Waals surface area contributed by atoms with Gasteiger partial charge in [0.05, 0.1) is 6.20 Å². The molecule has 1 aromatic rings. The highest BCUT2D eigenvalue weighted by Gasteiger charge is 2.13. The number of nitrogens with zero attached hydrogens (tertiary/aromatic N) is 1. The molecule has 0 radical (unpaired) electrons. The Morgan fingerprint density at radius 3 is 2.58 bits per heavy atom. The Morgan fingerprint density at radius 2 is 2.17 bits per heavy atom. The Kier molecular flexibility index (Phi) is 2.36. The Morgan fingerprint density at radius 1 is 1.58 bits per heavy atom. The SMILES string of the molecule is NS(=O)(=O)c1cc(F)cnc1S. The van der Waals surface area contributed by atoms with Crippen LogP contribution < -0.4 is 5.14 Å². The van der Waals surface area contributed by atoms with E-state index in [1.807, 2.05) is 0 Å². The monoisotopic (exact) mass is 208 g/mol. The largest absolute Gasteiger partial charge is 0.246 e. The lowest BCUT2D eigenvalue weighted by molar-refractivity contribution is 0.583. The van der Waals surface area contributed by atoms with Gasteiger partial charge in [-0.05, 0) is 6.07 Å². The van der Waals surface area contributed by atoms with Gasteiger partial charge >= 0.3 is 0 Å². The van der Waals surface area contributed by atoms with E-state index in [0.29, 0.717) is 0 Å². The second-order valence-corrected chi connectivity index (χ2v) is 3.97. The second kappa shape index (κ2) is 3.00. The number of pyridine rings is 1. The molecule has 0 unspecified atom stereocenters. The first-order chi connectivity index (χ1) is 5.41. The lowest BCUT2D eigenvalue weighted by Gasteiger charge is -1.99. The first kappa shape index (κ1) is 9.43. The molecule has 0 aromatic carbocycles. The summed E-state index contributed by atoms with van der Waals surface area (Å²) in [6, 6.07) is 0.769. The van der Waals surface area contributed by atoms with Crippen LogP contribution in [0.15, 0.2) is 22.2 Å². The number of hydrogen-bond donors (Lipinski definition) is 2. The molecule has 4 nitrogen and oxygen atoms in total. The maximum absolute atomic E-state index is 12.5. The standard InChI is InChI=1S/C5H5FN2O2S2/c6-3-1-4(12(7,9)10)5(11)8-2-3/h1-2H,(H,8,11)(H2,7,9,10). The summed E-state index contributed by atoms with van der Waals surface area (Å²) in [5.41, 5.74) is 0. The van der Waals surface area contributed by atoms with Crippen LogP contribution in [0.1, 0.15) is 0 Å². The Hall–Kier alpha value is -0.660. The smallest absolute Gasteiger partial charge is 0.240 e. The molecule has 0 atom stereocenters. The van der Waals surface area contributed by atoms with Gasteiger partial charge in [0.25, 0.3) is 0 Å². The Labute approximate surface area is 74.1 Å². The van der Waals surface area contributed by atoms with E-state index in [2.05, 4.69) is 17.6 Å². The van der Waals surface area contributed by atoms with E-state index in [9.17, 15) is 12.8 Å². The van der Waals surface area contributed by atoms with Crippen molar-refractivity contribution in [1.82, 2.24) is 4.98 Å². The summed E-state index contributed by atoms with van der Waals surface area (Å²) in [4.78, 5) is 2.96. The van der Waals surface area contributed by atoms with Crippen molar-refractivity contribution >= 4 is 22.7 Å². The number of thiol groups is 1. The van der Waals surface area contributed by atoms with Crippen molar-refractivity contribution in [2.75, 3.05) is 0 Å². The average molecular weight is 208 g/mol. The van der Waals surface area contributed by atoms with Crippen molar-refractivity contribution in [1.29, 1.82) is 0 Å². The summed E-state index contributed by atoms with van der Waals surface area (Å²) in [7, 11) is -3.93. The molecular formula is C5H5FN2O2S2. The van der Waals surface area contributed by atoms with Gasteiger partial charge in [-0.3, -0.25) is 0 Å². The molecule has 7 heteroatoms. The van der Waals surface area contributed by atoms with Crippen LogP contribution in [0.4, 0.5) is 4.39 Å². The summed E-state index contributed by atoms with van der Waals surface area (Å²) in [5.74, 6) is -0.767. The molecule has 12 heavy (non-hydrogen) atoms. The molecule has 0 spiro atoms. The molecule has 0 saturated carbocycles. The lowest BCUT2D eigenvalue weighted by Crippen LogP contribution is -2.13. The van der Waals surface area contributed by atoms with E-state index in [1.54, 1.807) is 0 Å². The fourth-order valence-electron chi connectivity index (χ4n) is 0.623. The van der Waals surface area contributed by atoms with Gasteiger partial charge in [-0.1, -0.05) is 0 Å². The van der Waals surface area contributed by atoms with Gasteiger partial charge in [0.1, 0.15) is 15.7 Å². The highest BCUT2D eigenvalue weighted by atomic mass is 32.2. The van der Waals surface area contributed by atoms with Gasteiger partial charge in [0.2, 0.25) is 10.0 Å². The quantitative estimate of drug-likeness (QED) is 0.645. The first-order valence-electron chi connectivity index (χ1n) is 2.78. The van der Waals surface area contributed by atoms with E-state index >= 15 is 0 Å². The van der Waals surface area contributed by atoms with Crippen molar-refractivity contribution in [3.63, 3.8) is 0 Å². The topological polar surface area (TPSA) is 73.1 Å². The van der Waals surface area contributed by atoms with Crippen molar-refractivity contribution < 1.29 is 12.8 Å². The number of aromatic nitrogens is 1. The van der Waals surface area contributed by atoms with Crippen LogP contribution in [0.2, 0.25) is 0 Å². The Bertz CT molecular complexity index is 404. The number of rotatable bonds is 1. The van der Waals surface area contributed by atoms with E-state index in [4.69, 9.17) is 5.14 Å². The van der Waals surface area contributed by atoms with Crippen molar-refractivity contribution in [2.45, 2.75) is 9.92 Å². The third-order valence-corrected chi connectivity index (χ3v) is 2.54. The predicted molar refractivity (Wildman–Crippen MR) is 42.8 cm³/mol. The summed E-state index contributed by atoms with van der Waals surface area (Å²) in [5, 5.41) is 4.63. The normalized spacial score (nSPS) is 11.6. The van der Waals surface area contributed by atoms with E-state index in [-0.39, 0.29) is 5.03 Å². The minimum absolute atomic E-state index is 0.112. The van der Waals surface area contributed by atoms with Crippen LogP contribution in [-0.2, 0) is 10.0 Å². The third-order valence-electron chi connectivity index (χ3n) is 1.11. The van der Waals surface area contributed by atoms with Gasteiger partial charge < -0.3 is 0 Å². The second-order valence-electron chi connectivity index (χ2n) is 2.02. The van der Waals surface area contributed by atoms with Crippen LogP contribution in [0, 0.1) is 5.82 Å². The zero-order valence-electron chi connectivity index (χ0n) is 5.73. The molecule has 1 heterocycles. The van der Waals surface area contributed by atoms with Crippen molar-refractivity contribution in [2.24, 2.45) is 5.14 Å². The minimum atomic E-state index is -3.93. The fraction of sp³-hybridized carbons (Fsp3) is 0. The van der Waals surface area contributed by atoms with Gasteiger partial charge in [-0.2, -0.15) is 0 Å². The van der Waals surface area contributed by atoms with Gasteiger partial charge in [0.15, 0.2) is 0 Å². The summed E-state index contributed by atoms with van der Waals surface area (Å²) >= 11 is 3.70. The predicted octanol–water partition coefficient (Wildman–Crippen LogP) is 0.157. The van der Waals surface area contributed by atoms with Gasteiger partial charge in [-0.15, -0.1) is 12.6 Å². The van der Waals surface area contributed by atoms with Crippen LogP contribution in [-0.4, -0.2) is 13.4 Å². The van der Waals surface area contributed by atoms with Crippen molar-refractivity contribution in [3.8, 4) is 0 Å². The zero-order valence-corrected chi connectivity index (χ0v) is 7.44. The minimum Gasteiger partial charge on any atom is -0.246 e. The van der Waals surface area contributed by atoms with Crippen LogP contribution in [0.25, 0.3) is 0 Å². The van der Waals surface area contributed by atoms with E-state index in [0.717, 1.165) is 12.3 Å². The molecule has 0 fully saturated rings. The van der Waals surface area contributed by atoms with Crippen LogP contribution >= 0.6 is 12.6 Å². The summed E-state index contributed by atoms with van der Waals surface area (Å²) in [6.07, 6.45) is 0.858. The molecule has 0 aliphatic carbocycles. The molecule has 66 valence electrons. The number of nitrogens with two attached hydrogens (primary N) is 1.